The molecule has 0 aliphatic heterocycles. The fourth-order valence-corrected chi connectivity index (χ4v) is 1.87. The van der Waals surface area contributed by atoms with E-state index in [9.17, 15) is 9.18 Å². The molecule has 1 heterocycles. The summed E-state index contributed by atoms with van der Waals surface area (Å²) in [4.78, 5) is 15.4. The molecule has 0 aliphatic carbocycles. The molecule has 1 amide bonds. The van der Waals surface area contributed by atoms with E-state index in [0.717, 1.165) is 5.56 Å². The van der Waals surface area contributed by atoms with Gasteiger partial charge in [-0.25, -0.2) is 9.37 Å². The fourth-order valence-electron chi connectivity index (χ4n) is 1.51. The quantitative estimate of drug-likeness (QED) is 0.882. The number of amides is 1. The third kappa shape index (κ3) is 3.22. The van der Waals surface area contributed by atoms with Gasteiger partial charge in [-0.05, 0) is 17.7 Å². The van der Waals surface area contributed by atoms with Crippen molar-refractivity contribution in [2.45, 2.75) is 6.54 Å². The summed E-state index contributed by atoms with van der Waals surface area (Å²) in [5.74, 6) is -1.40. The zero-order valence-electron chi connectivity index (χ0n) is 9.66. The molecule has 1 N–H and O–H groups in total. The lowest BCUT2D eigenvalue weighted by molar-refractivity contribution is 0.0946. The highest BCUT2D eigenvalue weighted by Crippen LogP contribution is 2.16. The average molecular weight is 299 g/mol. The van der Waals surface area contributed by atoms with Crippen LogP contribution in [0, 0.1) is 5.82 Å². The van der Waals surface area contributed by atoms with Crippen LogP contribution in [0.15, 0.2) is 36.5 Å². The van der Waals surface area contributed by atoms with Gasteiger partial charge in [0.2, 0.25) is 0 Å². The van der Waals surface area contributed by atoms with E-state index in [0.29, 0.717) is 5.02 Å². The van der Waals surface area contributed by atoms with Crippen molar-refractivity contribution in [2.75, 3.05) is 0 Å². The Morgan fingerprint density at radius 2 is 2.00 bits per heavy atom. The smallest absolute Gasteiger partial charge is 0.254 e. The van der Waals surface area contributed by atoms with Crippen molar-refractivity contribution < 1.29 is 9.18 Å². The van der Waals surface area contributed by atoms with E-state index in [-0.39, 0.29) is 17.3 Å². The minimum Gasteiger partial charge on any atom is -0.348 e. The molecule has 2 rings (SSSR count). The zero-order chi connectivity index (χ0) is 13.8. The number of rotatable bonds is 3. The minimum atomic E-state index is -0.833. The second kappa shape index (κ2) is 5.99. The van der Waals surface area contributed by atoms with Crippen molar-refractivity contribution >= 4 is 29.1 Å². The number of hydrogen-bond donors (Lipinski definition) is 1. The summed E-state index contributed by atoms with van der Waals surface area (Å²) >= 11 is 11.5. The van der Waals surface area contributed by atoms with E-state index in [4.69, 9.17) is 23.2 Å². The number of benzene rings is 1. The standard InChI is InChI=1S/C13H9Cl2FN2O/c14-10-4-2-1-3-8(10)7-18-13(19)9-5-6-17-12(15)11(9)16/h1-6H,7H2,(H,18,19). The number of carbonyl (C=O) groups excluding carboxylic acids is 1. The Morgan fingerprint density at radius 3 is 2.74 bits per heavy atom. The van der Waals surface area contributed by atoms with Gasteiger partial charge < -0.3 is 5.32 Å². The second-order valence-corrected chi connectivity index (χ2v) is 4.50. The van der Waals surface area contributed by atoms with Crippen LogP contribution in [0.5, 0.6) is 0 Å². The molecule has 0 radical (unpaired) electrons. The largest absolute Gasteiger partial charge is 0.348 e. The molecule has 0 fully saturated rings. The average Bonchev–Trinajstić information content (AvgIpc) is 2.40. The van der Waals surface area contributed by atoms with Gasteiger partial charge in [0.1, 0.15) is 0 Å². The maximum atomic E-state index is 13.6. The Hall–Kier alpha value is -1.65. The summed E-state index contributed by atoms with van der Waals surface area (Å²) in [6, 6.07) is 8.35. The molecule has 1 aromatic heterocycles. The summed E-state index contributed by atoms with van der Waals surface area (Å²) in [5, 5.41) is 2.78. The van der Waals surface area contributed by atoms with Gasteiger partial charge in [0.25, 0.3) is 5.91 Å². The molecule has 0 spiro atoms. The van der Waals surface area contributed by atoms with Crippen LogP contribution in [0.2, 0.25) is 10.2 Å². The zero-order valence-corrected chi connectivity index (χ0v) is 11.2. The molecule has 0 atom stereocenters. The maximum absolute atomic E-state index is 13.6. The number of nitrogens with one attached hydrogen (secondary N) is 1. The Morgan fingerprint density at radius 1 is 1.26 bits per heavy atom. The highest BCUT2D eigenvalue weighted by Gasteiger charge is 2.14. The van der Waals surface area contributed by atoms with Crippen molar-refractivity contribution in [1.82, 2.24) is 10.3 Å². The molecular formula is C13H9Cl2FN2O. The summed E-state index contributed by atoms with van der Waals surface area (Å²) in [6.45, 7) is 0.206. The van der Waals surface area contributed by atoms with Crippen LogP contribution < -0.4 is 5.32 Å². The lowest BCUT2D eigenvalue weighted by atomic mass is 10.2. The maximum Gasteiger partial charge on any atom is 0.254 e. The van der Waals surface area contributed by atoms with Crippen molar-refractivity contribution in [3.8, 4) is 0 Å². The predicted molar refractivity (Wildman–Crippen MR) is 71.8 cm³/mol. The van der Waals surface area contributed by atoms with E-state index in [2.05, 4.69) is 10.3 Å². The minimum absolute atomic E-state index is 0.146. The van der Waals surface area contributed by atoms with Gasteiger partial charge in [0, 0.05) is 17.8 Å². The number of pyridine rings is 1. The first-order valence-corrected chi connectivity index (χ1v) is 6.17. The lowest BCUT2D eigenvalue weighted by Crippen LogP contribution is -2.24. The molecule has 3 nitrogen and oxygen atoms in total. The summed E-state index contributed by atoms with van der Waals surface area (Å²) in [5.41, 5.74) is 0.602. The van der Waals surface area contributed by atoms with E-state index in [1.54, 1.807) is 24.3 Å². The van der Waals surface area contributed by atoms with Crippen molar-refractivity contribution in [1.29, 1.82) is 0 Å². The van der Waals surface area contributed by atoms with Gasteiger partial charge in [0.05, 0.1) is 5.56 Å². The molecule has 19 heavy (non-hydrogen) atoms. The molecule has 0 saturated heterocycles. The van der Waals surface area contributed by atoms with Crippen LogP contribution in [0.25, 0.3) is 0 Å². The van der Waals surface area contributed by atoms with Crippen LogP contribution >= 0.6 is 23.2 Å². The number of hydrogen-bond acceptors (Lipinski definition) is 2. The molecule has 98 valence electrons. The van der Waals surface area contributed by atoms with Gasteiger partial charge in [-0.1, -0.05) is 41.4 Å². The first-order valence-electron chi connectivity index (χ1n) is 5.41. The van der Waals surface area contributed by atoms with Crippen LogP contribution in [0.1, 0.15) is 15.9 Å². The van der Waals surface area contributed by atoms with E-state index in [1.165, 1.54) is 12.3 Å². The van der Waals surface area contributed by atoms with Crippen molar-refractivity contribution in [3.05, 3.63) is 63.6 Å². The second-order valence-electron chi connectivity index (χ2n) is 3.74. The Balaban J connectivity index is 2.10. The molecule has 0 aliphatic rings. The Labute approximate surface area is 119 Å². The first kappa shape index (κ1) is 13.8. The Bertz CT molecular complexity index is 619. The molecule has 2 aromatic rings. The van der Waals surface area contributed by atoms with Crippen LogP contribution in [0.4, 0.5) is 4.39 Å². The summed E-state index contributed by atoms with van der Waals surface area (Å²) in [7, 11) is 0. The van der Waals surface area contributed by atoms with Gasteiger partial charge in [-0.15, -0.1) is 0 Å². The van der Waals surface area contributed by atoms with Crippen molar-refractivity contribution in [2.24, 2.45) is 0 Å². The predicted octanol–water partition coefficient (Wildman–Crippen LogP) is 3.46. The molecule has 6 heteroatoms. The van der Waals surface area contributed by atoms with Gasteiger partial charge in [-0.3, -0.25) is 4.79 Å². The van der Waals surface area contributed by atoms with E-state index >= 15 is 0 Å². The van der Waals surface area contributed by atoms with Gasteiger partial charge >= 0.3 is 0 Å². The number of nitrogens with zero attached hydrogens (tertiary/aromatic N) is 1. The SMILES string of the molecule is O=C(NCc1ccccc1Cl)c1ccnc(Cl)c1F. The monoisotopic (exact) mass is 298 g/mol. The van der Waals surface area contributed by atoms with Crippen LogP contribution in [-0.2, 0) is 6.54 Å². The van der Waals surface area contributed by atoms with E-state index < -0.39 is 11.7 Å². The Kier molecular flexibility index (Phi) is 4.35. The van der Waals surface area contributed by atoms with Gasteiger partial charge in [-0.2, -0.15) is 0 Å². The molecular weight excluding hydrogens is 290 g/mol. The molecule has 0 unspecified atom stereocenters. The summed E-state index contributed by atoms with van der Waals surface area (Å²) < 4.78 is 13.6. The molecule has 0 saturated carbocycles. The number of carbonyl (C=O) groups is 1. The fraction of sp³-hybridized carbons (Fsp3) is 0.0769. The number of aromatic nitrogens is 1. The highest BCUT2D eigenvalue weighted by atomic mass is 35.5. The molecule has 1 aromatic carbocycles. The van der Waals surface area contributed by atoms with Crippen molar-refractivity contribution in [3.63, 3.8) is 0 Å². The topological polar surface area (TPSA) is 42.0 Å². The van der Waals surface area contributed by atoms with Crippen LogP contribution in [-0.4, -0.2) is 10.9 Å². The van der Waals surface area contributed by atoms with Gasteiger partial charge in [0.15, 0.2) is 11.0 Å². The number of halogens is 3. The lowest BCUT2D eigenvalue weighted by Gasteiger charge is -2.07. The van der Waals surface area contributed by atoms with Crippen LogP contribution in [0.3, 0.4) is 0 Å². The normalized spacial score (nSPS) is 10.3. The third-order valence-corrected chi connectivity index (χ3v) is 3.12. The first-order chi connectivity index (χ1) is 9.09. The highest BCUT2D eigenvalue weighted by molar-refractivity contribution is 6.31. The van der Waals surface area contributed by atoms with E-state index in [1.807, 2.05) is 0 Å². The summed E-state index contributed by atoms with van der Waals surface area (Å²) in [6.07, 6.45) is 1.27. The third-order valence-electron chi connectivity index (χ3n) is 2.49. The molecule has 0 bridgehead atoms.